The lowest BCUT2D eigenvalue weighted by Crippen LogP contribution is -1.87. The predicted octanol–water partition coefficient (Wildman–Crippen LogP) is 3.62. The van der Waals surface area contributed by atoms with E-state index in [1.54, 1.807) is 7.11 Å². The lowest BCUT2D eigenvalue weighted by atomic mass is 10.3. The van der Waals surface area contributed by atoms with Gasteiger partial charge in [0.1, 0.15) is 5.75 Å². The van der Waals surface area contributed by atoms with Crippen LogP contribution in [0.1, 0.15) is 0 Å². The summed E-state index contributed by atoms with van der Waals surface area (Å²) in [5, 5.41) is 0. The van der Waals surface area contributed by atoms with Crippen LogP contribution in [-0.2, 0) is 0 Å². The maximum Gasteiger partial charge on any atom is 0.148 e. The fourth-order valence-electron chi connectivity index (χ4n) is 0.647. The van der Waals surface area contributed by atoms with Crippen LogP contribution in [0.3, 0.4) is 0 Å². The monoisotopic (exact) mass is 389 g/mol. The molecule has 0 atom stereocenters. The van der Waals surface area contributed by atoms with Crippen molar-refractivity contribution in [1.82, 2.24) is 0 Å². The Morgan fingerprint density at radius 1 is 1.55 bits per heavy atom. The lowest BCUT2D eigenvalue weighted by molar-refractivity contribution is 0.409. The zero-order chi connectivity index (χ0) is 8.43. The fraction of sp³-hybridized carbons (Fsp3) is 0.143. The summed E-state index contributed by atoms with van der Waals surface area (Å²) in [5.41, 5.74) is 0. The second-order valence-electron chi connectivity index (χ2n) is 1.80. The van der Waals surface area contributed by atoms with Gasteiger partial charge in [0.2, 0.25) is 0 Å². The van der Waals surface area contributed by atoms with Gasteiger partial charge in [-0.25, -0.2) is 0 Å². The van der Waals surface area contributed by atoms with Crippen LogP contribution in [0.5, 0.6) is 5.75 Å². The summed E-state index contributed by atoms with van der Waals surface area (Å²) < 4.78 is 8.00. The number of halogens is 3. The van der Waals surface area contributed by atoms with Gasteiger partial charge in [-0.05, 0) is 66.6 Å². The maximum absolute atomic E-state index is 5.14. The van der Waals surface area contributed by atoms with E-state index in [4.69, 9.17) is 4.74 Å². The van der Waals surface area contributed by atoms with Crippen LogP contribution in [0.25, 0.3) is 0 Å². The second-order valence-corrected chi connectivity index (χ2v) is 4.52. The highest BCUT2D eigenvalue weighted by molar-refractivity contribution is 14.1. The van der Waals surface area contributed by atoms with Crippen molar-refractivity contribution in [3.8, 4) is 5.75 Å². The first-order chi connectivity index (χ1) is 5.16. The van der Waals surface area contributed by atoms with Crippen LogP contribution in [0, 0.1) is 9.64 Å². The van der Waals surface area contributed by atoms with Crippen molar-refractivity contribution in [3.05, 3.63) is 24.6 Å². The normalized spacial score (nSPS) is 9.82. The summed E-state index contributed by atoms with van der Waals surface area (Å²) in [6.45, 7) is 0. The van der Waals surface area contributed by atoms with Gasteiger partial charge in [-0.2, -0.15) is 0 Å². The van der Waals surface area contributed by atoms with Gasteiger partial charge >= 0.3 is 0 Å². The molecule has 0 amide bonds. The number of hydrogen-bond acceptors (Lipinski definition) is 1. The average Bonchev–Trinajstić information content (AvgIpc) is 1.99. The highest BCUT2D eigenvalue weighted by atomic mass is 127. The van der Waals surface area contributed by atoms with E-state index in [9.17, 15) is 0 Å². The summed E-state index contributed by atoms with van der Waals surface area (Å²) in [6, 6.07) is 4.89. The van der Waals surface area contributed by atoms with E-state index in [-0.39, 0.29) is 0 Å². The highest BCUT2D eigenvalue weighted by Crippen LogP contribution is 2.35. The van der Waals surface area contributed by atoms with E-state index in [0.717, 1.165) is 18.3 Å². The molecule has 59 valence electrons. The van der Waals surface area contributed by atoms with Gasteiger partial charge in [-0.1, -0.05) is 0 Å². The Morgan fingerprint density at radius 2 is 2.18 bits per heavy atom. The van der Waals surface area contributed by atoms with Crippen LogP contribution in [0.4, 0.5) is 0 Å². The Morgan fingerprint density at radius 3 is 2.64 bits per heavy atom. The van der Waals surface area contributed by atoms with Gasteiger partial charge in [0.15, 0.2) is 0 Å². The first-order valence-corrected chi connectivity index (χ1v) is 5.42. The number of rotatable bonds is 1. The first-order valence-electron chi connectivity index (χ1n) is 2.76. The molecule has 0 saturated heterocycles. The maximum atomic E-state index is 5.14. The van der Waals surface area contributed by atoms with Crippen molar-refractivity contribution in [1.29, 1.82) is 0 Å². The van der Waals surface area contributed by atoms with Crippen molar-refractivity contribution in [3.63, 3.8) is 0 Å². The quantitative estimate of drug-likeness (QED) is 0.525. The molecule has 0 heterocycles. The number of benzene rings is 1. The van der Waals surface area contributed by atoms with Gasteiger partial charge in [0, 0.05) is 3.57 Å². The summed E-state index contributed by atoms with van der Waals surface area (Å²) in [5.74, 6) is 0.813. The smallest absolute Gasteiger partial charge is 0.148 e. The molecule has 1 nitrogen and oxygen atoms in total. The molecule has 0 spiro atoms. The molecule has 0 aliphatic carbocycles. The minimum atomic E-state index is 0.813. The summed E-state index contributed by atoms with van der Waals surface area (Å²) >= 11 is 8.94. The Balaban J connectivity index is 3.29. The first kappa shape index (κ1) is 9.80. The van der Waals surface area contributed by atoms with Crippen molar-refractivity contribution in [2.24, 2.45) is 0 Å². The van der Waals surface area contributed by atoms with Crippen molar-refractivity contribution in [2.45, 2.75) is 0 Å². The molecule has 0 saturated carbocycles. The Kier molecular flexibility index (Phi) is 3.64. The van der Waals surface area contributed by atoms with Gasteiger partial charge in [-0.3, -0.25) is 0 Å². The van der Waals surface area contributed by atoms with Gasteiger partial charge in [-0.15, -0.1) is 0 Å². The molecule has 1 aromatic carbocycles. The SMILES string of the molecule is COc1c(Br)c[c]c(I)c1Br. The molecular formula is C7H4Br2IO. The molecule has 1 radical (unpaired) electrons. The summed E-state index contributed by atoms with van der Waals surface area (Å²) in [7, 11) is 1.64. The van der Waals surface area contributed by atoms with Crippen LogP contribution < -0.4 is 4.74 Å². The molecular weight excluding hydrogens is 387 g/mol. The summed E-state index contributed by atoms with van der Waals surface area (Å²) in [6.07, 6.45) is 0. The molecule has 0 N–H and O–H groups in total. The van der Waals surface area contributed by atoms with Crippen molar-refractivity contribution >= 4 is 54.5 Å². The van der Waals surface area contributed by atoms with Crippen LogP contribution in [0.15, 0.2) is 15.0 Å². The number of ether oxygens (including phenoxy) is 1. The van der Waals surface area contributed by atoms with Crippen LogP contribution in [-0.4, -0.2) is 7.11 Å². The predicted molar refractivity (Wildman–Crippen MR) is 59.9 cm³/mol. The number of hydrogen-bond donors (Lipinski definition) is 0. The third kappa shape index (κ3) is 2.09. The molecule has 0 aromatic heterocycles. The van der Waals surface area contributed by atoms with E-state index in [0.29, 0.717) is 0 Å². The third-order valence-corrected chi connectivity index (χ3v) is 4.08. The van der Waals surface area contributed by atoms with E-state index in [1.165, 1.54) is 0 Å². The Labute approximate surface area is 95.9 Å². The minimum Gasteiger partial charge on any atom is -0.494 e. The molecule has 0 fully saturated rings. The lowest BCUT2D eigenvalue weighted by Gasteiger charge is -2.05. The van der Waals surface area contributed by atoms with E-state index in [1.807, 2.05) is 6.07 Å². The zero-order valence-corrected chi connectivity index (χ0v) is 10.9. The number of methoxy groups -OCH3 is 1. The highest BCUT2D eigenvalue weighted by Gasteiger charge is 2.07. The zero-order valence-electron chi connectivity index (χ0n) is 5.62. The molecule has 1 rings (SSSR count). The van der Waals surface area contributed by atoms with Crippen LogP contribution >= 0.6 is 54.5 Å². The van der Waals surface area contributed by atoms with Gasteiger partial charge in [0.25, 0.3) is 0 Å². The standard InChI is InChI=1S/C7H4Br2IO/c1-11-7-4(8)2-3-5(10)6(7)9/h2H,1H3. The van der Waals surface area contributed by atoms with E-state index in [2.05, 4.69) is 60.5 Å². The minimum absolute atomic E-state index is 0.813. The van der Waals surface area contributed by atoms with Gasteiger partial charge < -0.3 is 4.74 Å². The van der Waals surface area contributed by atoms with E-state index < -0.39 is 0 Å². The molecule has 0 bridgehead atoms. The molecule has 0 aliphatic rings. The van der Waals surface area contributed by atoms with Crippen molar-refractivity contribution < 1.29 is 4.74 Å². The fourth-order valence-corrected chi connectivity index (χ4v) is 2.28. The van der Waals surface area contributed by atoms with Crippen LogP contribution in [0.2, 0.25) is 0 Å². The van der Waals surface area contributed by atoms with Gasteiger partial charge in [0.05, 0.1) is 16.1 Å². The molecule has 1 aromatic rings. The largest absolute Gasteiger partial charge is 0.494 e. The topological polar surface area (TPSA) is 9.23 Å². The Hall–Kier alpha value is 0.710. The van der Waals surface area contributed by atoms with E-state index >= 15 is 0 Å². The molecule has 0 aliphatic heterocycles. The molecule has 4 heteroatoms. The molecule has 0 unspecified atom stereocenters. The Bertz CT molecular complexity index is 275. The average molecular weight is 391 g/mol. The molecule has 11 heavy (non-hydrogen) atoms. The third-order valence-electron chi connectivity index (χ3n) is 1.14. The second kappa shape index (κ2) is 4.09. The summed E-state index contributed by atoms with van der Waals surface area (Å²) in [4.78, 5) is 0. The van der Waals surface area contributed by atoms with Crippen molar-refractivity contribution in [2.75, 3.05) is 7.11 Å².